The molecule has 1 fully saturated rings. The topological polar surface area (TPSA) is 36.0 Å². The first-order chi connectivity index (χ1) is 8.43. The third kappa shape index (κ3) is 1.60. The van der Waals surface area contributed by atoms with Crippen molar-refractivity contribution in [2.45, 2.75) is 44.7 Å². The van der Waals surface area contributed by atoms with Crippen LogP contribution in [0.2, 0.25) is 0 Å². The Morgan fingerprint density at radius 2 is 1.94 bits per heavy atom. The van der Waals surface area contributed by atoms with E-state index in [0.717, 1.165) is 28.1 Å². The number of hydroxylamine groups is 2. The summed E-state index contributed by atoms with van der Waals surface area (Å²) in [6, 6.07) is 8.07. The number of hydrogen-bond donors (Lipinski definition) is 0. The van der Waals surface area contributed by atoms with Crippen LogP contribution in [0.15, 0.2) is 24.3 Å². The molecule has 1 radical (unpaired) electrons. The number of rotatable bonds is 1. The molecule has 1 aromatic heterocycles. The van der Waals surface area contributed by atoms with E-state index in [0.29, 0.717) is 0 Å². The lowest BCUT2D eigenvalue weighted by Gasteiger charge is -2.33. The molecule has 18 heavy (non-hydrogen) atoms. The zero-order chi connectivity index (χ0) is 13.0. The van der Waals surface area contributed by atoms with Crippen LogP contribution < -0.4 is 0 Å². The summed E-state index contributed by atoms with van der Waals surface area (Å²) in [6.07, 6.45) is 1.80. The molecule has 1 aromatic carbocycles. The Kier molecular flexibility index (Phi) is 2.52. The minimum atomic E-state index is -0.465. The van der Waals surface area contributed by atoms with Crippen molar-refractivity contribution in [2.75, 3.05) is 0 Å². The molecule has 1 atom stereocenters. The van der Waals surface area contributed by atoms with Gasteiger partial charge in [-0.15, -0.1) is 21.6 Å². The smallest absolute Gasteiger partial charge is 0.116 e. The van der Waals surface area contributed by atoms with E-state index in [2.05, 4.69) is 11.1 Å². The fourth-order valence-corrected chi connectivity index (χ4v) is 3.84. The Bertz CT molecular complexity index is 559. The van der Waals surface area contributed by atoms with Gasteiger partial charge in [-0.05, 0) is 45.7 Å². The third-order valence-corrected chi connectivity index (χ3v) is 5.27. The van der Waals surface area contributed by atoms with Gasteiger partial charge in [-0.1, -0.05) is 12.1 Å². The number of para-hydroxylation sites is 1. The van der Waals surface area contributed by atoms with Crippen LogP contribution in [0.1, 0.15) is 38.6 Å². The molecule has 1 unspecified atom stereocenters. The molecule has 0 N–H and O–H groups in total. The van der Waals surface area contributed by atoms with Gasteiger partial charge in [0.1, 0.15) is 5.01 Å². The summed E-state index contributed by atoms with van der Waals surface area (Å²) in [5, 5.41) is 14.7. The molecule has 1 aliphatic rings. The van der Waals surface area contributed by atoms with Crippen molar-refractivity contribution in [3.63, 3.8) is 0 Å². The Labute approximate surface area is 111 Å². The first-order valence-corrected chi connectivity index (χ1v) is 7.09. The van der Waals surface area contributed by atoms with E-state index in [1.54, 1.807) is 11.3 Å². The maximum Gasteiger partial charge on any atom is 0.116 e. The standard InChI is InChI=1S/C14H17N2OS/c1-13(2)8-9-14(3,16(13)17)12-15-10-6-4-5-7-11(10)18-12/h4-7H,8-9H2,1-3H3. The second-order valence-electron chi connectivity index (χ2n) is 5.87. The number of benzene rings is 1. The Morgan fingerprint density at radius 1 is 1.22 bits per heavy atom. The molecule has 3 nitrogen and oxygen atoms in total. The maximum absolute atomic E-state index is 12.5. The Morgan fingerprint density at radius 3 is 2.56 bits per heavy atom. The van der Waals surface area contributed by atoms with Gasteiger partial charge in [-0.25, -0.2) is 4.98 Å². The molecule has 4 heteroatoms. The molecule has 3 rings (SSSR count). The second kappa shape index (κ2) is 3.76. The molecule has 2 heterocycles. The number of nitrogens with zero attached hydrogens (tertiary/aromatic N) is 2. The maximum atomic E-state index is 12.5. The van der Waals surface area contributed by atoms with Crippen LogP contribution in [-0.2, 0) is 10.7 Å². The minimum Gasteiger partial charge on any atom is -0.239 e. The van der Waals surface area contributed by atoms with Gasteiger partial charge in [0.2, 0.25) is 0 Å². The fourth-order valence-electron chi connectivity index (χ4n) is 2.72. The number of aromatic nitrogens is 1. The molecule has 2 aromatic rings. The second-order valence-corrected chi connectivity index (χ2v) is 6.90. The minimum absolute atomic E-state index is 0.285. The summed E-state index contributed by atoms with van der Waals surface area (Å²) in [5.41, 5.74) is 0.247. The normalized spacial score (nSPS) is 28.0. The van der Waals surface area contributed by atoms with Gasteiger partial charge in [0.25, 0.3) is 0 Å². The average molecular weight is 261 g/mol. The highest BCUT2D eigenvalue weighted by Crippen LogP contribution is 2.47. The van der Waals surface area contributed by atoms with Crippen molar-refractivity contribution in [1.29, 1.82) is 0 Å². The molecular formula is C14H17N2OS. The van der Waals surface area contributed by atoms with E-state index in [4.69, 9.17) is 0 Å². The number of thiazole rings is 1. The number of hydrogen-bond acceptors (Lipinski definition) is 3. The lowest BCUT2D eigenvalue weighted by atomic mass is 10.00. The van der Waals surface area contributed by atoms with Crippen molar-refractivity contribution < 1.29 is 5.21 Å². The van der Waals surface area contributed by atoms with Gasteiger partial charge >= 0.3 is 0 Å². The van der Waals surface area contributed by atoms with E-state index in [-0.39, 0.29) is 5.54 Å². The van der Waals surface area contributed by atoms with Crippen molar-refractivity contribution in [3.8, 4) is 0 Å². The summed E-state index contributed by atoms with van der Waals surface area (Å²) < 4.78 is 1.16. The van der Waals surface area contributed by atoms with Gasteiger partial charge in [-0.3, -0.25) is 0 Å². The van der Waals surface area contributed by atoms with Crippen LogP contribution in [0.3, 0.4) is 0 Å². The quantitative estimate of drug-likeness (QED) is 0.784. The van der Waals surface area contributed by atoms with Gasteiger partial charge in [0, 0.05) is 5.54 Å². The van der Waals surface area contributed by atoms with Crippen LogP contribution in [0.5, 0.6) is 0 Å². The fraction of sp³-hybridized carbons (Fsp3) is 0.500. The van der Waals surface area contributed by atoms with Crippen molar-refractivity contribution >= 4 is 21.6 Å². The predicted molar refractivity (Wildman–Crippen MR) is 72.8 cm³/mol. The molecule has 0 bridgehead atoms. The number of fused-ring (bicyclic) bond motifs is 1. The molecular weight excluding hydrogens is 244 g/mol. The van der Waals surface area contributed by atoms with Crippen LogP contribution in [0, 0.1) is 0 Å². The van der Waals surface area contributed by atoms with E-state index < -0.39 is 5.54 Å². The van der Waals surface area contributed by atoms with Crippen molar-refractivity contribution in [2.24, 2.45) is 0 Å². The van der Waals surface area contributed by atoms with Gasteiger partial charge < -0.3 is 0 Å². The molecule has 1 aliphatic heterocycles. The molecule has 95 valence electrons. The van der Waals surface area contributed by atoms with Crippen LogP contribution in [-0.4, -0.2) is 15.6 Å². The Balaban J connectivity index is 2.09. The summed E-state index contributed by atoms with van der Waals surface area (Å²) in [5.74, 6) is 0. The van der Waals surface area contributed by atoms with Crippen LogP contribution in [0.4, 0.5) is 0 Å². The van der Waals surface area contributed by atoms with Crippen molar-refractivity contribution in [1.82, 2.24) is 10.0 Å². The average Bonchev–Trinajstić information content (AvgIpc) is 2.86. The van der Waals surface area contributed by atoms with E-state index in [1.165, 1.54) is 5.06 Å². The lowest BCUT2D eigenvalue weighted by molar-refractivity contribution is -0.252. The summed E-state index contributed by atoms with van der Waals surface area (Å²) in [4.78, 5) is 4.66. The van der Waals surface area contributed by atoms with E-state index >= 15 is 0 Å². The molecule has 0 saturated carbocycles. The monoisotopic (exact) mass is 261 g/mol. The summed E-state index contributed by atoms with van der Waals surface area (Å²) in [6.45, 7) is 6.05. The van der Waals surface area contributed by atoms with E-state index in [9.17, 15) is 5.21 Å². The zero-order valence-corrected chi connectivity index (χ0v) is 11.8. The lowest BCUT2D eigenvalue weighted by Crippen LogP contribution is -2.44. The highest BCUT2D eigenvalue weighted by atomic mass is 32.1. The molecule has 1 saturated heterocycles. The summed E-state index contributed by atoms with van der Waals surface area (Å²) >= 11 is 1.65. The highest BCUT2D eigenvalue weighted by molar-refractivity contribution is 7.18. The Hall–Kier alpha value is -0.970. The molecule has 0 spiro atoms. The van der Waals surface area contributed by atoms with E-state index in [1.807, 2.05) is 39.0 Å². The molecule has 0 aliphatic carbocycles. The molecule has 0 amide bonds. The SMILES string of the molecule is CC1(C)CCC(C)(c2nc3ccccc3s2)N1[O]. The van der Waals surface area contributed by atoms with Crippen LogP contribution >= 0.6 is 11.3 Å². The summed E-state index contributed by atoms with van der Waals surface area (Å²) in [7, 11) is 0. The highest BCUT2D eigenvalue weighted by Gasteiger charge is 2.51. The van der Waals surface area contributed by atoms with Gasteiger partial charge in [0.05, 0.1) is 15.8 Å². The van der Waals surface area contributed by atoms with Crippen LogP contribution in [0.25, 0.3) is 10.2 Å². The predicted octanol–water partition coefficient (Wildman–Crippen LogP) is 3.73. The zero-order valence-electron chi connectivity index (χ0n) is 10.9. The van der Waals surface area contributed by atoms with Crippen molar-refractivity contribution in [3.05, 3.63) is 29.3 Å². The van der Waals surface area contributed by atoms with Gasteiger partial charge in [-0.2, -0.15) is 0 Å². The largest absolute Gasteiger partial charge is 0.239 e. The first-order valence-electron chi connectivity index (χ1n) is 6.27. The third-order valence-electron chi connectivity index (χ3n) is 3.98. The van der Waals surface area contributed by atoms with Gasteiger partial charge in [0.15, 0.2) is 0 Å². The first kappa shape index (κ1) is 12.1.